The Morgan fingerprint density at radius 1 is 1.26 bits per heavy atom. The van der Waals surface area contributed by atoms with Crippen LogP contribution in [0.1, 0.15) is 38.5 Å². The van der Waals surface area contributed by atoms with Gasteiger partial charge in [-0.15, -0.1) is 0 Å². The summed E-state index contributed by atoms with van der Waals surface area (Å²) in [7, 11) is 1.76. The van der Waals surface area contributed by atoms with Crippen LogP contribution in [-0.2, 0) is 14.3 Å². The van der Waals surface area contributed by atoms with Gasteiger partial charge in [-0.25, -0.2) is 0 Å². The molecule has 3 rings (SSSR count). The molecule has 0 saturated carbocycles. The summed E-state index contributed by atoms with van der Waals surface area (Å²) >= 11 is 0. The molecule has 132 valence electrons. The third kappa shape index (κ3) is 4.37. The molecule has 0 aliphatic carbocycles. The Morgan fingerprint density at radius 3 is 2.78 bits per heavy atom. The lowest BCUT2D eigenvalue weighted by molar-refractivity contribution is -0.0268. The minimum Gasteiger partial charge on any atom is -0.470 e. The van der Waals surface area contributed by atoms with Crippen LogP contribution in [-0.4, -0.2) is 69.9 Å². The predicted molar refractivity (Wildman–Crippen MR) is 89.6 cm³/mol. The van der Waals surface area contributed by atoms with Crippen molar-refractivity contribution in [2.45, 2.75) is 44.6 Å². The lowest BCUT2D eigenvalue weighted by Crippen LogP contribution is -2.49. The Kier molecular flexibility index (Phi) is 6.14. The van der Waals surface area contributed by atoms with Crippen LogP contribution < -0.4 is 5.32 Å². The van der Waals surface area contributed by atoms with Crippen molar-refractivity contribution in [1.29, 1.82) is 0 Å². The second-order valence-electron chi connectivity index (χ2n) is 7.07. The predicted octanol–water partition coefficient (Wildman–Crippen LogP) is 1.61. The van der Waals surface area contributed by atoms with Gasteiger partial charge in [0.25, 0.3) is 0 Å². The van der Waals surface area contributed by atoms with Crippen LogP contribution >= 0.6 is 0 Å². The van der Waals surface area contributed by atoms with Crippen LogP contribution in [0.3, 0.4) is 0 Å². The average molecular weight is 325 g/mol. The van der Waals surface area contributed by atoms with E-state index in [0.29, 0.717) is 6.61 Å². The van der Waals surface area contributed by atoms with Gasteiger partial charge in [-0.1, -0.05) is 11.6 Å². The summed E-state index contributed by atoms with van der Waals surface area (Å²) in [5.41, 5.74) is -0.0260. The maximum atomic E-state index is 6.33. The molecule has 6 nitrogen and oxygen atoms in total. The maximum absolute atomic E-state index is 6.33. The van der Waals surface area contributed by atoms with Gasteiger partial charge in [-0.3, -0.25) is 4.90 Å². The van der Waals surface area contributed by atoms with Gasteiger partial charge in [-0.05, 0) is 58.3 Å². The van der Waals surface area contributed by atoms with Crippen LogP contribution in [0.2, 0.25) is 0 Å². The van der Waals surface area contributed by atoms with Crippen LogP contribution in [0.15, 0.2) is 5.16 Å². The van der Waals surface area contributed by atoms with Crippen molar-refractivity contribution in [3.63, 3.8) is 0 Å². The monoisotopic (exact) mass is 325 g/mol. The number of methoxy groups -OCH3 is 1. The molecule has 1 atom stereocenters. The lowest BCUT2D eigenvalue weighted by atomic mass is 9.76. The summed E-state index contributed by atoms with van der Waals surface area (Å²) < 4.78 is 11.7. The van der Waals surface area contributed by atoms with E-state index in [1.54, 1.807) is 7.11 Å². The number of nitrogens with one attached hydrogen (secondary N) is 1. The van der Waals surface area contributed by atoms with E-state index in [1.807, 2.05) is 0 Å². The molecule has 0 aromatic carbocycles. The van der Waals surface area contributed by atoms with E-state index >= 15 is 0 Å². The number of likely N-dealkylation sites (tertiary alicyclic amines) is 1. The zero-order valence-corrected chi connectivity index (χ0v) is 14.4. The Hall–Kier alpha value is -0.850. The highest BCUT2D eigenvalue weighted by atomic mass is 16.7. The third-order valence-electron chi connectivity index (χ3n) is 5.40. The fourth-order valence-corrected chi connectivity index (χ4v) is 3.91. The van der Waals surface area contributed by atoms with Crippen molar-refractivity contribution >= 4 is 5.90 Å². The van der Waals surface area contributed by atoms with Crippen LogP contribution in [0.5, 0.6) is 0 Å². The number of hydrogen-bond donors (Lipinski definition) is 1. The van der Waals surface area contributed by atoms with Gasteiger partial charge in [0.15, 0.2) is 6.61 Å². The maximum Gasteiger partial charge on any atom is 0.232 e. The topological polar surface area (TPSA) is 55.3 Å². The number of oxime groups is 1. The normalized spacial score (nSPS) is 28.6. The standard InChI is InChI=1S/C17H31N3O3/c1-21-12-7-17(5-8-18-9-6-17)16-19-22-14-15(23-16)13-20-10-3-2-4-11-20/h15,18H,2-14H2,1H3/t15-/m1/s1. The first-order chi connectivity index (χ1) is 11.3. The first kappa shape index (κ1) is 17.0. The van der Waals surface area contributed by atoms with E-state index in [1.165, 1.54) is 32.4 Å². The molecule has 1 N–H and O–H groups in total. The van der Waals surface area contributed by atoms with Gasteiger partial charge in [0.2, 0.25) is 5.90 Å². The largest absolute Gasteiger partial charge is 0.470 e. The summed E-state index contributed by atoms with van der Waals surface area (Å²) in [5, 5.41) is 7.75. The zero-order valence-electron chi connectivity index (χ0n) is 14.4. The Labute approximate surface area is 139 Å². The van der Waals surface area contributed by atoms with Crippen molar-refractivity contribution in [3.8, 4) is 0 Å². The van der Waals surface area contributed by atoms with Crippen LogP contribution in [0, 0.1) is 5.41 Å². The van der Waals surface area contributed by atoms with Gasteiger partial charge in [0.1, 0.15) is 6.10 Å². The van der Waals surface area contributed by atoms with E-state index in [9.17, 15) is 0 Å². The molecular formula is C17H31N3O3. The minimum atomic E-state index is -0.0260. The molecule has 2 fully saturated rings. The molecule has 2 saturated heterocycles. The first-order valence-electron chi connectivity index (χ1n) is 9.11. The SMILES string of the molecule is COCCC1(C2=NOC[C@@H](CN3CCCCC3)O2)CCNCC1. The highest BCUT2D eigenvalue weighted by Crippen LogP contribution is 2.36. The van der Waals surface area contributed by atoms with Gasteiger partial charge in [-0.2, -0.15) is 0 Å². The van der Waals surface area contributed by atoms with Gasteiger partial charge < -0.3 is 19.6 Å². The molecule has 23 heavy (non-hydrogen) atoms. The summed E-state index contributed by atoms with van der Waals surface area (Å²) in [4.78, 5) is 8.07. The van der Waals surface area contributed by atoms with Crippen LogP contribution in [0.25, 0.3) is 0 Å². The molecule has 0 aromatic rings. The fourth-order valence-electron chi connectivity index (χ4n) is 3.91. The minimum absolute atomic E-state index is 0.0260. The number of piperidine rings is 2. The second-order valence-corrected chi connectivity index (χ2v) is 7.07. The Bertz CT molecular complexity index is 391. The quantitative estimate of drug-likeness (QED) is 0.804. The molecule has 0 aromatic heterocycles. The first-order valence-corrected chi connectivity index (χ1v) is 9.11. The molecule has 3 aliphatic rings. The van der Waals surface area contributed by atoms with Crippen molar-refractivity contribution in [1.82, 2.24) is 10.2 Å². The molecule has 3 heterocycles. The molecule has 0 radical (unpaired) electrons. The summed E-state index contributed by atoms with van der Waals surface area (Å²) in [6.07, 6.45) is 7.09. The lowest BCUT2D eigenvalue weighted by Gasteiger charge is -2.40. The molecular weight excluding hydrogens is 294 g/mol. The van der Waals surface area contributed by atoms with Gasteiger partial charge >= 0.3 is 0 Å². The zero-order chi connectivity index (χ0) is 16.0. The summed E-state index contributed by atoms with van der Waals surface area (Å²) in [5.74, 6) is 0.810. The van der Waals surface area contributed by atoms with Gasteiger partial charge in [0.05, 0.1) is 5.41 Å². The summed E-state index contributed by atoms with van der Waals surface area (Å²) in [6, 6.07) is 0. The second kappa shape index (κ2) is 8.31. The van der Waals surface area contributed by atoms with E-state index in [2.05, 4.69) is 15.4 Å². The molecule has 0 bridgehead atoms. The van der Waals surface area contributed by atoms with Crippen LogP contribution in [0.4, 0.5) is 0 Å². The highest BCUT2D eigenvalue weighted by Gasteiger charge is 2.42. The number of rotatable bonds is 6. The van der Waals surface area contributed by atoms with E-state index in [-0.39, 0.29) is 11.5 Å². The van der Waals surface area contributed by atoms with Crippen molar-refractivity contribution < 1.29 is 14.3 Å². The average Bonchev–Trinajstić information content (AvgIpc) is 2.62. The third-order valence-corrected chi connectivity index (χ3v) is 5.40. The molecule has 0 amide bonds. The molecule has 6 heteroatoms. The van der Waals surface area contributed by atoms with Crippen molar-refractivity contribution in [2.75, 3.05) is 53.0 Å². The van der Waals surface area contributed by atoms with Crippen molar-refractivity contribution in [3.05, 3.63) is 0 Å². The molecule has 3 aliphatic heterocycles. The van der Waals surface area contributed by atoms with Gasteiger partial charge in [0, 0.05) is 20.3 Å². The Balaban J connectivity index is 1.61. The van der Waals surface area contributed by atoms with Crippen molar-refractivity contribution in [2.24, 2.45) is 10.6 Å². The van der Waals surface area contributed by atoms with E-state index in [0.717, 1.165) is 51.4 Å². The number of nitrogens with zero attached hydrogens (tertiary/aromatic N) is 2. The van der Waals surface area contributed by atoms with E-state index in [4.69, 9.17) is 14.3 Å². The highest BCUT2D eigenvalue weighted by molar-refractivity contribution is 5.83. The number of ether oxygens (including phenoxy) is 2. The fraction of sp³-hybridized carbons (Fsp3) is 0.941. The van der Waals surface area contributed by atoms with E-state index < -0.39 is 0 Å². The Morgan fingerprint density at radius 2 is 2.04 bits per heavy atom. The summed E-state index contributed by atoms with van der Waals surface area (Å²) in [6.45, 7) is 6.64. The molecule has 0 spiro atoms. The molecule has 0 unspecified atom stereocenters. The number of hydrogen-bond acceptors (Lipinski definition) is 6. The smallest absolute Gasteiger partial charge is 0.232 e.